The lowest BCUT2D eigenvalue weighted by Crippen LogP contribution is -2.48. The van der Waals surface area contributed by atoms with Gasteiger partial charge in [0.1, 0.15) is 11.6 Å². The summed E-state index contributed by atoms with van der Waals surface area (Å²) in [6.45, 7) is 1.77. The van der Waals surface area contributed by atoms with Crippen molar-refractivity contribution >= 4 is 42.4 Å². The molecule has 0 radical (unpaired) electrons. The van der Waals surface area contributed by atoms with Crippen molar-refractivity contribution in [2.45, 2.75) is 11.3 Å². The molecule has 0 saturated carbocycles. The zero-order valence-electron chi connectivity index (χ0n) is 15.8. The summed E-state index contributed by atoms with van der Waals surface area (Å²) in [5.74, 6) is -1.22. The number of rotatable bonds is 5. The second-order valence-corrected chi connectivity index (χ2v) is 10.6. The van der Waals surface area contributed by atoms with E-state index in [4.69, 9.17) is 0 Å². The fourth-order valence-electron chi connectivity index (χ4n) is 3.34. The molecule has 4 rings (SSSR count). The Labute approximate surface area is 186 Å². The van der Waals surface area contributed by atoms with Crippen molar-refractivity contribution in [1.82, 2.24) is 9.29 Å². The van der Waals surface area contributed by atoms with E-state index in [1.807, 2.05) is 10.3 Å². The molecule has 0 spiro atoms. The molecular formula is C20H18BrF2N3O2S2. The number of hydrogen-bond donors (Lipinski definition) is 0. The van der Waals surface area contributed by atoms with E-state index in [2.05, 4.69) is 20.9 Å². The van der Waals surface area contributed by atoms with Crippen LogP contribution in [0.25, 0.3) is 0 Å². The van der Waals surface area contributed by atoms with Gasteiger partial charge in [-0.1, -0.05) is 22.0 Å². The number of thiazole rings is 1. The summed E-state index contributed by atoms with van der Waals surface area (Å²) in [6.07, 6.45) is 0.336. The normalized spacial score (nSPS) is 15.5. The first-order chi connectivity index (χ1) is 14.3. The predicted octanol–water partition coefficient (Wildman–Crippen LogP) is 4.29. The standard InChI is InChI=1S/C20H18BrF2N3O2S2/c21-15-2-1-3-19(11-15)30(27,28)26-6-4-25(5-7-26)20-24-18(13-29-20)10-14-8-16(22)12-17(23)9-14/h1-3,8-9,11-13H,4-7,10H2. The lowest BCUT2D eigenvalue weighted by Gasteiger charge is -2.33. The van der Waals surface area contributed by atoms with Crippen LogP contribution in [0.5, 0.6) is 0 Å². The van der Waals surface area contributed by atoms with E-state index in [-0.39, 0.29) is 4.90 Å². The molecule has 1 aliphatic rings. The van der Waals surface area contributed by atoms with Crippen LogP contribution >= 0.6 is 27.3 Å². The van der Waals surface area contributed by atoms with Crippen LogP contribution in [0.15, 0.2) is 57.2 Å². The van der Waals surface area contributed by atoms with Gasteiger partial charge in [0.15, 0.2) is 5.13 Å². The Balaban J connectivity index is 1.41. The van der Waals surface area contributed by atoms with E-state index >= 15 is 0 Å². The third kappa shape index (κ3) is 4.72. The molecule has 0 unspecified atom stereocenters. The first kappa shape index (κ1) is 21.4. The maximum Gasteiger partial charge on any atom is 0.243 e. The average molecular weight is 514 g/mol. The topological polar surface area (TPSA) is 53.5 Å². The van der Waals surface area contributed by atoms with Crippen molar-refractivity contribution in [2.75, 3.05) is 31.1 Å². The van der Waals surface area contributed by atoms with Crippen molar-refractivity contribution in [3.8, 4) is 0 Å². The van der Waals surface area contributed by atoms with Crippen molar-refractivity contribution in [1.29, 1.82) is 0 Å². The number of aromatic nitrogens is 1. The van der Waals surface area contributed by atoms with E-state index in [9.17, 15) is 17.2 Å². The molecule has 0 N–H and O–H groups in total. The van der Waals surface area contributed by atoms with E-state index in [0.717, 1.165) is 21.4 Å². The summed E-state index contributed by atoms with van der Waals surface area (Å²) < 4.78 is 54.7. The van der Waals surface area contributed by atoms with Crippen molar-refractivity contribution < 1.29 is 17.2 Å². The molecule has 1 aliphatic heterocycles. The minimum atomic E-state index is -3.55. The lowest BCUT2D eigenvalue weighted by atomic mass is 10.1. The molecule has 5 nitrogen and oxygen atoms in total. The minimum Gasteiger partial charge on any atom is -0.345 e. The van der Waals surface area contributed by atoms with E-state index in [1.54, 1.807) is 24.3 Å². The lowest BCUT2D eigenvalue weighted by molar-refractivity contribution is 0.384. The van der Waals surface area contributed by atoms with Crippen molar-refractivity contribution in [3.05, 3.63) is 75.2 Å². The van der Waals surface area contributed by atoms with Crippen LogP contribution in [-0.4, -0.2) is 43.9 Å². The zero-order chi connectivity index (χ0) is 21.3. The number of nitrogens with zero attached hydrogens (tertiary/aromatic N) is 3. The molecular weight excluding hydrogens is 496 g/mol. The summed E-state index contributed by atoms with van der Waals surface area (Å²) in [5, 5.41) is 2.64. The number of hydrogen-bond acceptors (Lipinski definition) is 5. The van der Waals surface area contributed by atoms with Crippen molar-refractivity contribution in [2.24, 2.45) is 0 Å². The van der Waals surface area contributed by atoms with Crippen LogP contribution in [0.2, 0.25) is 0 Å². The Bertz CT molecular complexity index is 1140. The molecule has 10 heteroatoms. The molecule has 158 valence electrons. The SMILES string of the molecule is O=S(=O)(c1cccc(Br)c1)N1CCN(c2nc(Cc3cc(F)cc(F)c3)cs2)CC1. The highest BCUT2D eigenvalue weighted by molar-refractivity contribution is 9.10. The first-order valence-corrected chi connectivity index (χ1v) is 12.3. The largest absolute Gasteiger partial charge is 0.345 e. The highest BCUT2D eigenvalue weighted by atomic mass is 79.9. The molecule has 3 aromatic rings. The van der Waals surface area contributed by atoms with Crippen LogP contribution in [0.1, 0.15) is 11.3 Å². The summed E-state index contributed by atoms with van der Waals surface area (Å²) in [7, 11) is -3.55. The highest BCUT2D eigenvalue weighted by Gasteiger charge is 2.29. The molecule has 1 aromatic heterocycles. The number of benzene rings is 2. The average Bonchev–Trinajstić information content (AvgIpc) is 3.16. The molecule has 0 amide bonds. The maximum atomic E-state index is 13.4. The van der Waals surface area contributed by atoms with E-state index < -0.39 is 21.7 Å². The first-order valence-electron chi connectivity index (χ1n) is 9.21. The van der Waals surface area contributed by atoms with E-state index in [1.165, 1.54) is 27.8 Å². The second-order valence-electron chi connectivity index (χ2n) is 6.92. The monoisotopic (exact) mass is 513 g/mol. The van der Waals surface area contributed by atoms with Gasteiger partial charge in [-0.15, -0.1) is 11.3 Å². The van der Waals surface area contributed by atoms with Crippen LogP contribution < -0.4 is 4.90 Å². The van der Waals surface area contributed by atoms with Gasteiger partial charge in [-0.05, 0) is 35.9 Å². The van der Waals surface area contributed by atoms with Crippen LogP contribution in [0.3, 0.4) is 0 Å². The number of sulfonamides is 1. The van der Waals surface area contributed by atoms with Gasteiger partial charge in [-0.25, -0.2) is 22.2 Å². The third-order valence-corrected chi connectivity index (χ3v) is 8.13. The predicted molar refractivity (Wildman–Crippen MR) is 116 cm³/mol. The molecule has 1 saturated heterocycles. The van der Waals surface area contributed by atoms with Gasteiger partial charge in [0.2, 0.25) is 10.0 Å². The van der Waals surface area contributed by atoms with Crippen LogP contribution in [-0.2, 0) is 16.4 Å². The summed E-state index contributed by atoms with van der Waals surface area (Å²) >= 11 is 4.76. The molecule has 0 atom stereocenters. The Hall–Kier alpha value is -1.88. The zero-order valence-corrected chi connectivity index (χ0v) is 19.0. The minimum absolute atomic E-state index is 0.268. The highest BCUT2D eigenvalue weighted by Crippen LogP contribution is 2.26. The van der Waals surface area contributed by atoms with Gasteiger partial charge in [0, 0.05) is 48.5 Å². The van der Waals surface area contributed by atoms with Gasteiger partial charge in [-0.2, -0.15) is 4.31 Å². The molecule has 0 aliphatic carbocycles. The molecule has 0 bridgehead atoms. The van der Waals surface area contributed by atoms with Crippen molar-refractivity contribution in [3.63, 3.8) is 0 Å². The summed E-state index contributed by atoms with van der Waals surface area (Å²) in [6, 6.07) is 10.1. The van der Waals surface area contributed by atoms with Gasteiger partial charge in [-0.3, -0.25) is 0 Å². The smallest absolute Gasteiger partial charge is 0.243 e. The number of anilines is 1. The van der Waals surface area contributed by atoms with Gasteiger partial charge in [0.05, 0.1) is 10.6 Å². The molecule has 30 heavy (non-hydrogen) atoms. The molecule has 2 heterocycles. The number of halogens is 3. The third-order valence-electron chi connectivity index (χ3n) is 4.79. The Morgan fingerprint density at radius 2 is 1.73 bits per heavy atom. The van der Waals surface area contributed by atoms with Crippen LogP contribution in [0.4, 0.5) is 13.9 Å². The second kappa shape index (κ2) is 8.70. The maximum absolute atomic E-state index is 13.4. The number of piperazine rings is 1. The fraction of sp³-hybridized carbons (Fsp3) is 0.250. The van der Waals surface area contributed by atoms with Gasteiger partial charge < -0.3 is 4.90 Å². The van der Waals surface area contributed by atoms with Gasteiger partial charge in [0.25, 0.3) is 0 Å². The Kier molecular flexibility index (Phi) is 6.19. The molecule has 2 aromatic carbocycles. The van der Waals surface area contributed by atoms with Crippen LogP contribution in [0, 0.1) is 11.6 Å². The quantitative estimate of drug-likeness (QED) is 0.510. The molecule has 1 fully saturated rings. The Morgan fingerprint density at radius 3 is 2.40 bits per heavy atom. The summed E-state index contributed by atoms with van der Waals surface area (Å²) in [4.78, 5) is 6.87. The fourth-order valence-corrected chi connectivity index (χ4v) is 6.24. The van der Waals surface area contributed by atoms with Gasteiger partial charge >= 0.3 is 0 Å². The van der Waals surface area contributed by atoms with E-state index in [0.29, 0.717) is 38.2 Å². The summed E-state index contributed by atoms with van der Waals surface area (Å²) in [5.41, 5.74) is 1.25. The Morgan fingerprint density at radius 1 is 1.03 bits per heavy atom.